The number of amides is 1. The van der Waals surface area contributed by atoms with Gasteiger partial charge in [-0.25, -0.2) is 0 Å². The fourth-order valence-corrected chi connectivity index (χ4v) is 2.11. The van der Waals surface area contributed by atoms with Gasteiger partial charge in [0.25, 0.3) is 0 Å². The quantitative estimate of drug-likeness (QED) is 0.873. The first-order chi connectivity index (χ1) is 8.72. The number of carbonyl (C=O) groups is 2. The Morgan fingerprint density at radius 1 is 1.37 bits per heavy atom. The summed E-state index contributed by atoms with van der Waals surface area (Å²) >= 11 is 3.39. The van der Waals surface area contributed by atoms with E-state index in [1.54, 1.807) is 13.8 Å². The average molecular weight is 328 g/mol. The zero-order valence-corrected chi connectivity index (χ0v) is 12.9. The number of halogens is 1. The summed E-state index contributed by atoms with van der Waals surface area (Å²) in [6.07, 6.45) is -0.184. The molecule has 1 aromatic carbocycles. The second-order valence-electron chi connectivity index (χ2n) is 5.21. The predicted molar refractivity (Wildman–Crippen MR) is 76.8 cm³/mol. The lowest BCUT2D eigenvalue weighted by Crippen LogP contribution is -2.38. The van der Waals surface area contributed by atoms with Gasteiger partial charge in [0.1, 0.15) is 0 Å². The SMILES string of the molecule is Cc1ccc(Br)cc1CNC(=O)C(C)(C)CC(=O)O. The molecular weight excluding hydrogens is 310 g/mol. The van der Waals surface area contributed by atoms with Crippen molar-refractivity contribution in [1.29, 1.82) is 0 Å². The number of hydrogen-bond acceptors (Lipinski definition) is 2. The van der Waals surface area contributed by atoms with E-state index >= 15 is 0 Å². The lowest BCUT2D eigenvalue weighted by Gasteiger charge is -2.21. The Morgan fingerprint density at radius 3 is 2.58 bits per heavy atom. The van der Waals surface area contributed by atoms with Gasteiger partial charge < -0.3 is 10.4 Å². The molecule has 0 aromatic heterocycles. The molecule has 0 heterocycles. The van der Waals surface area contributed by atoms with Crippen LogP contribution in [0.2, 0.25) is 0 Å². The molecule has 4 nitrogen and oxygen atoms in total. The normalized spacial score (nSPS) is 11.2. The van der Waals surface area contributed by atoms with Gasteiger partial charge in [0.2, 0.25) is 5.91 Å². The predicted octanol–water partition coefficient (Wildman–Crippen LogP) is 2.87. The maximum absolute atomic E-state index is 12.0. The van der Waals surface area contributed by atoms with Gasteiger partial charge >= 0.3 is 5.97 Å². The van der Waals surface area contributed by atoms with E-state index in [2.05, 4.69) is 21.2 Å². The van der Waals surface area contributed by atoms with Crippen LogP contribution in [0.5, 0.6) is 0 Å². The topological polar surface area (TPSA) is 66.4 Å². The van der Waals surface area contributed by atoms with Crippen molar-refractivity contribution in [2.45, 2.75) is 33.7 Å². The molecule has 1 amide bonds. The third kappa shape index (κ3) is 4.67. The van der Waals surface area contributed by atoms with Gasteiger partial charge in [-0.05, 0) is 30.2 Å². The van der Waals surface area contributed by atoms with E-state index in [-0.39, 0.29) is 12.3 Å². The van der Waals surface area contributed by atoms with Gasteiger partial charge in [-0.15, -0.1) is 0 Å². The Labute approximate surface area is 121 Å². The molecule has 0 saturated carbocycles. The van der Waals surface area contributed by atoms with E-state index in [0.717, 1.165) is 15.6 Å². The Hall–Kier alpha value is -1.36. The van der Waals surface area contributed by atoms with Crippen LogP contribution in [0, 0.1) is 12.3 Å². The average Bonchev–Trinajstić information content (AvgIpc) is 2.28. The molecule has 2 N–H and O–H groups in total. The molecule has 0 unspecified atom stereocenters. The van der Waals surface area contributed by atoms with Gasteiger partial charge in [-0.3, -0.25) is 9.59 Å². The highest BCUT2D eigenvalue weighted by molar-refractivity contribution is 9.10. The molecule has 0 aliphatic heterocycles. The fourth-order valence-electron chi connectivity index (χ4n) is 1.70. The van der Waals surface area contributed by atoms with Crippen LogP contribution in [0.1, 0.15) is 31.4 Å². The van der Waals surface area contributed by atoms with E-state index in [1.165, 1.54) is 0 Å². The van der Waals surface area contributed by atoms with Crippen LogP contribution >= 0.6 is 15.9 Å². The summed E-state index contributed by atoms with van der Waals surface area (Å²) in [5, 5.41) is 11.6. The van der Waals surface area contributed by atoms with E-state index in [1.807, 2.05) is 25.1 Å². The van der Waals surface area contributed by atoms with Gasteiger partial charge in [-0.1, -0.05) is 35.8 Å². The largest absolute Gasteiger partial charge is 0.481 e. The van der Waals surface area contributed by atoms with E-state index in [0.29, 0.717) is 6.54 Å². The smallest absolute Gasteiger partial charge is 0.304 e. The number of carboxylic acids is 1. The maximum atomic E-state index is 12.0. The first kappa shape index (κ1) is 15.7. The number of benzene rings is 1. The van der Waals surface area contributed by atoms with Crippen LogP contribution in [0.4, 0.5) is 0 Å². The van der Waals surface area contributed by atoms with Gasteiger partial charge in [0, 0.05) is 11.0 Å². The third-order valence-electron chi connectivity index (χ3n) is 2.96. The summed E-state index contributed by atoms with van der Waals surface area (Å²) in [6, 6.07) is 5.85. The van der Waals surface area contributed by atoms with Crippen LogP contribution in [0.15, 0.2) is 22.7 Å². The van der Waals surface area contributed by atoms with Crippen molar-refractivity contribution in [2.75, 3.05) is 0 Å². The zero-order valence-electron chi connectivity index (χ0n) is 11.3. The molecule has 0 aliphatic carbocycles. The monoisotopic (exact) mass is 327 g/mol. The Kier molecular flexibility index (Phi) is 5.11. The lowest BCUT2D eigenvalue weighted by atomic mass is 9.88. The lowest BCUT2D eigenvalue weighted by molar-refractivity contribution is -0.144. The molecule has 19 heavy (non-hydrogen) atoms. The molecular formula is C14H18BrNO3. The molecule has 0 saturated heterocycles. The van der Waals surface area contributed by atoms with Crippen molar-refractivity contribution in [3.8, 4) is 0 Å². The summed E-state index contributed by atoms with van der Waals surface area (Å²) in [4.78, 5) is 22.7. The first-order valence-electron chi connectivity index (χ1n) is 5.97. The van der Waals surface area contributed by atoms with Crippen molar-refractivity contribution in [3.05, 3.63) is 33.8 Å². The highest BCUT2D eigenvalue weighted by Gasteiger charge is 2.30. The second kappa shape index (κ2) is 6.19. The second-order valence-corrected chi connectivity index (χ2v) is 6.12. The van der Waals surface area contributed by atoms with Gasteiger partial charge in [-0.2, -0.15) is 0 Å². The highest BCUT2D eigenvalue weighted by Crippen LogP contribution is 2.21. The third-order valence-corrected chi connectivity index (χ3v) is 3.45. The molecule has 0 radical (unpaired) electrons. The van der Waals surface area contributed by atoms with Crippen molar-refractivity contribution in [3.63, 3.8) is 0 Å². The van der Waals surface area contributed by atoms with Gasteiger partial charge in [0.15, 0.2) is 0 Å². The van der Waals surface area contributed by atoms with Crippen molar-refractivity contribution < 1.29 is 14.7 Å². The first-order valence-corrected chi connectivity index (χ1v) is 6.77. The van der Waals surface area contributed by atoms with Crippen molar-refractivity contribution >= 4 is 27.8 Å². The molecule has 0 spiro atoms. The molecule has 5 heteroatoms. The van der Waals surface area contributed by atoms with E-state index in [4.69, 9.17) is 5.11 Å². The molecule has 0 aliphatic rings. The molecule has 0 bridgehead atoms. The molecule has 1 rings (SSSR count). The number of aliphatic carboxylic acids is 1. The van der Waals surface area contributed by atoms with Crippen LogP contribution in [-0.2, 0) is 16.1 Å². The van der Waals surface area contributed by atoms with E-state index in [9.17, 15) is 9.59 Å². The zero-order chi connectivity index (χ0) is 14.6. The van der Waals surface area contributed by atoms with Crippen LogP contribution in [0.25, 0.3) is 0 Å². The standard InChI is InChI=1S/C14H18BrNO3/c1-9-4-5-11(15)6-10(9)8-16-13(19)14(2,3)7-12(17)18/h4-6H,7-8H2,1-3H3,(H,16,19)(H,17,18). The number of aryl methyl sites for hydroxylation is 1. The molecule has 0 fully saturated rings. The highest BCUT2D eigenvalue weighted by atomic mass is 79.9. The van der Waals surface area contributed by atoms with Crippen molar-refractivity contribution in [2.24, 2.45) is 5.41 Å². The minimum Gasteiger partial charge on any atom is -0.481 e. The number of carbonyl (C=O) groups excluding carboxylic acids is 1. The summed E-state index contributed by atoms with van der Waals surface area (Å²) < 4.78 is 0.951. The summed E-state index contributed by atoms with van der Waals surface area (Å²) in [7, 11) is 0. The Balaban J connectivity index is 2.68. The minimum atomic E-state index is -0.973. The van der Waals surface area contributed by atoms with E-state index < -0.39 is 11.4 Å². The minimum absolute atomic E-state index is 0.184. The Bertz CT molecular complexity index is 497. The number of nitrogens with one attached hydrogen (secondary N) is 1. The number of hydrogen-bond donors (Lipinski definition) is 2. The van der Waals surface area contributed by atoms with Gasteiger partial charge in [0.05, 0.1) is 11.8 Å². The van der Waals surface area contributed by atoms with Crippen LogP contribution in [-0.4, -0.2) is 17.0 Å². The molecule has 0 atom stereocenters. The number of rotatable bonds is 5. The maximum Gasteiger partial charge on any atom is 0.304 e. The fraction of sp³-hybridized carbons (Fsp3) is 0.429. The summed E-state index contributed by atoms with van der Waals surface area (Å²) in [5.74, 6) is -1.23. The Morgan fingerprint density at radius 2 is 2.00 bits per heavy atom. The molecule has 1 aromatic rings. The summed E-state index contributed by atoms with van der Waals surface area (Å²) in [5.41, 5.74) is 1.18. The number of carboxylic acid groups (broad SMARTS) is 1. The molecule has 104 valence electrons. The van der Waals surface area contributed by atoms with Crippen LogP contribution in [0.3, 0.4) is 0 Å². The van der Waals surface area contributed by atoms with Crippen molar-refractivity contribution in [1.82, 2.24) is 5.32 Å². The summed E-state index contributed by atoms with van der Waals surface area (Å²) in [6.45, 7) is 5.62. The van der Waals surface area contributed by atoms with Crippen LogP contribution < -0.4 is 5.32 Å².